The summed E-state index contributed by atoms with van der Waals surface area (Å²) in [4.78, 5) is 16.1. The van der Waals surface area contributed by atoms with Crippen LogP contribution in [0, 0.1) is 0 Å². The lowest BCUT2D eigenvalue weighted by Crippen LogP contribution is -2.32. The molecule has 4 rings (SSSR count). The fourth-order valence-electron chi connectivity index (χ4n) is 3.37. The third-order valence-electron chi connectivity index (χ3n) is 4.88. The first-order valence-electron chi connectivity index (χ1n) is 9.57. The molecular formula is C23H24N2OS2. The second kappa shape index (κ2) is 9.50. The molecule has 1 aliphatic rings. The van der Waals surface area contributed by atoms with Gasteiger partial charge in [-0.05, 0) is 34.5 Å². The monoisotopic (exact) mass is 408 g/mol. The SMILES string of the molecule is O=C(CSc1ccc2ccccc2c1)Nc1ccccc1CN1CCSCC1. The summed E-state index contributed by atoms with van der Waals surface area (Å²) in [5.74, 6) is 2.83. The van der Waals surface area contributed by atoms with Crippen molar-refractivity contribution in [2.45, 2.75) is 11.4 Å². The van der Waals surface area contributed by atoms with Crippen molar-refractivity contribution in [3.8, 4) is 0 Å². The minimum absolute atomic E-state index is 0.0415. The quantitative estimate of drug-likeness (QED) is 0.574. The normalized spacial score (nSPS) is 14.9. The zero-order chi connectivity index (χ0) is 19.2. The second-order valence-corrected chi connectivity index (χ2v) is 9.16. The number of anilines is 1. The van der Waals surface area contributed by atoms with Gasteiger partial charge < -0.3 is 5.32 Å². The van der Waals surface area contributed by atoms with Crippen LogP contribution in [0.25, 0.3) is 10.8 Å². The zero-order valence-corrected chi connectivity index (χ0v) is 17.4. The van der Waals surface area contributed by atoms with E-state index in [2.05, 4.69) is 46.6 Å². The number of nitrogens with one attached hydrogen (secondary N) is 1. The average Bonchev–Trinajstić information content (AvgIpc) is 2.74. The molecule has 144 valence electrons. The molecule has 0 spiro atoms. The van der Waals surface area contributed by atoms with Crippen molar-refractivity contribution in [1.29, 1.82) is 0 Å². The summed E-state index contributed by atoms with van der Waals surface area (Å²) < 4.78 is 0. The van der Waals surface area contributed by atoms with Crippen LogP contribution in [0.4, 0.5) is 5.69 Å². The van der Waals surface area contributed by atoms with Crippen molar-refractivity contribution < 1.29 is 4.79 Å². The Labute approximate surface area is 174 Å². The van der Waals surface area contributed by atoms with Gasteiger partial charge in [0.05, 0.1) is 5.75 Å². The molecule has 3 nitrogen and oxygen atoms in total. The molecule has 28 heavy (non-hydrogen) atoms. The van der Waals surface area contributed by atoms with E-state index in [1.54, 1.807) is 11.8 Å². The van der Waals surface area contributed by atoms with Gasteiger partial charge in [-0.1, -0.05) is 48.5 Å². The van der Waals surface area contributed by atoms with Crippen molar-refractivity contribution in [2.75, 3.05) is 35.7 Å². The van der Waals surface area contributed by atoms with Gasteiger partial charge in [0.1, 0.15) is 0 Å². The molecule has 1 aliphatic heterocycles. The van der Waals surface area contributed by atoms with Crippen molar-refractivity contribution in [2.24, 2.45) is 0 Å². The van der Waals surface area contributed by atoms with Gasteiger partial charge >= 0.3 is 0 Å². The van der Waals surface area contributed by atoms with E-state index in [1.165, 1.54) is 27.8 Å². The number of nitrogens with zero attached hydrogens (tertiary/aromatic N) is 1. The van der Waals surface area contributed by atoms with Gasteiger partial charge in [-0.15, -0.1) is 11.8 Å². The Balaban J connectivity index is 1.36. The predicted octanol–water partition coefficient (Wildman–Crippen LogP) is 5.12. The maximum Gasteiger partial charge on any atom is 0.234 e. The Kier molecular flexibility index (Phi) is 6.57. The summed E-state index contributed by atoms with van der Waals surface area (Å²) >= 11 is 3.59. The van der Waals surface area contributed by atoms with Crippen LogP contribution in [0.5, 0.6) is 0 Å². The smallest absolute Gasteiger partial charge is 0.234 e. The molecule has 1 fully saturated rings. The molecule has 1 amide bonds. The number of carbonyl (C=O) groups is 1. The number of fused-ring (bicyclic) bond motifs is 1. The Morgan fingerprint density at radius 1 is 0.964 bits per heavy atom. The minimum atomic E-state index is 0.0415. The molecule has 0 saturated carbocycles. The molecule has 0 aliphatic carbocycles. The first-order valence-corrected chi connectivity index (χ1v) is 11.7. The summed E-state index contributed by atoms with van der Waals surface area (Å²) in [6.07, 6.45) is 0. The highest BCUT2D eigenvalue weighted by Gasteiger charge is 2.14. The van der Waals surface area contributed by atoms with Crippen LogP contribution in [-0.2, 0) is 11.3 Å². The Morgan fingerprint density at radius 2 is 1.71 bits per heavy atom. The molecule has 3 aromatic rings. The van der Waals surface area contributed by atoms with E-state index in [-0.39, 0.29) is 5.91 Å². The number of thioether (sulfide) groups is 2. The number of amides is 1. The first kappa shape index (κ1) is 19.4. The van der Waals surface area contributed by atoms with E-state index >= 15 is 0 Å². The van der Waals surface area contributed by atoms with Crippen LogP contribution in [0.1, 0.15) is 5.56 Å². The zero-order valence-electron chi connectivity index (χ0n) is 15.8. The van der Waals surface area contributed by atoms with E-state index in [4.69, 9.17) is 0 Å². The standard InChI is InChI=1S/C23H24N2OS2/c26-23(17-28-21-10-9-18-5-1-2-6-19(18)15-21)24-22-8-4-3-7-20(22)16-25-11-13-27-14-12-25/h1-10,15H,11-14,16-17H2,(H,24,26). The van der Waals surface area contributed by atoms with Crippen molar-refractivity contribution in [3.63, 3.8) is 0 Å². The summed E-state index contributed by atoms with van der Waals surface area (Å²) in [5.41, 5.74) is 2.13. The van der Waals surface area contributed by atoms with Gasteiger partial charge in [0.25, 0.3) is 0 Å². The van der Waals surface area contributed by atoms with Gasteiger partial charge in [-0.3, -0.25) is 9.69 Å². The molecule has 0 aromatic heterocycles. The van der Waals surface area contributed by atoms with Gasteiger partial charge in [0, 0.05) is 41.7 Å². The highest BCUT2D eigenvalue weighted by molar-refractivity contribution is 8.00. The van der Waals surface area contributed by atoms with Crippen molar-refractivity contribution in [3.05, 3.63) is 72.3 Å². The van der Waals surface area contributed by atoms with Crippen molar-refractivity contribution >= 4 is 45.9 Å². The van der Waals surface area contributed by atoms with E-state index in [0.717, 1.165) is 30.2 Å². The maximum atomic E-state index is 12.5. The third kappa shape index (κ3) is 5.10. The fourth-order valence-corrected chi connectivity index (χ4v) is 5.10. The summed E-state index contributed by atoms with van der Waals surface area (Å²) in [5, 5.41) is 5.55. The van der Waals surface area contributed by atoms with Crippen molar-refractivity contribution in [1.82, 2.24) is 4.90 Å². The lowest BCUT2D eigenvalue weighted by atomic mass is 10.1. The highest BCUT2D eigenvalue weighted by Crippen LogP contribution is 2.24. The minimum Gasteiger partial charge on any atom is -0.325 e. The summed E-state index contributed by atoms with van der Waals surface area (Å²) in [6.45, 7) is 3.13. The lowest BCUT2D eigenvalue weighted by Gasteiger charge is -2.27. The number of hydrogen-bond acceptors (Lipinski definition) is 4. The van der Waals surface area contributed by atoms with Crippen LogP contribution in [0.3, 0.4) is 0 Å². The van der Waals surface area contributed by atoms with Crippen LogP contribution in [0.15, 0.2) is 71.6 Å². The molecule has 5 heteroatoms. The molecule has 0 atom stereocenters. The van der Waals surface area contributed by atoms with Gasteiger partial charge in [-0.2, -0.15) is 11.8 Å². The third-order valence-corrected chi connectivity index (χ3v) is 6.82. The van der Waals surface area contributed by atoms with Crippen LogP contribution in [0.2, 0.25) is 0 Å². The van der Waals surface area contributed by atoms with E-state index in [0.29, 0.717) is 5.75 Å². The predicted molar refractivity (Wildman–Crippen MR) is 122 cm³/mol. The number of carbonyl (C=O) groups excluding carboxylic acids is 1. The fraction of sp³-hybridized carbons (Fsp3) is 0.261. The summed E-state index contributed by atoms with van der Waals surface area (Å²) in [6, 6.07) is 22.8. The first-order chi connectivity index (χ1) is 13.8. The Bertz CT molecular complexity index is 954. The highest BCUT2D eigenvalue weighted by atomic mass is 32.2. The number of rotatable bonds is 6. The molecule has 0 unspecified atom stereocenters. The number of hydrogen-bond donors (Lipinski definition) is 1. The van der Waals surface area contributed by atoms with Gasteiger partial charge in [0.2, 0.25) is 5.91 Å². The van der Waals surface area contributed by atoms with E-state index < -0.39 is 0 Å². The second-order valence-electron chi connectivity index (χ2n) is 6.89. The lowest BCUT2D eigenvalue weighted by molar-refractivity contribution is -0.113. The molecule has 0 bridgehead atoms. The molecule has 0 radical (unpaired) electrons. The van der Waals surface area contributed by atoms with E-state index in [9.17, 15) is 4.79 Å². The number of para-hydroxylation sites is 1. The van der Waals surface area contributed by atoms with Crippen LogP contribution >= 0.6 is 23.5 Å². The van der Waals surface area contributed by atoms with Gasteiger partial charge in [0.15, 0.2) is 0 Å². The Hall–Kier alpha value is -1.95. The topological polar surface area (TPSA) is 32.3 Å². The van der Waals surface area contributed by atoms with Crippen LogP contribution in [-0.4, -0.2) is 41.2 Å². The van der Waals surface area contributed by atoms with Crippen LogP contribution < -0.4 is 5.32 Å². The van der Waals surface area contributed by atoms with Gasteiger partial charge in [-0.25, -0.2) is 0 Å². The Morgan fingerprint density at radius 3 is 2.57 bits per heavy atom. The summed E-state index contributed by atoms with van der Waals surface area (Å²) in [7, 11) is 0. The molecule has 1 N–H and O–H groups in total. The van der Waals surface area contributed by atoms with E-state index in [1.807, 2.05) is 42.1 Å². The average molecular weight is 409 g/mol. The number of benzene rings is 3. The molecule has 1 heterocycles. The largest absolute Gasteiger partial charge is 0.325 e. The molecule has 1 saturated heterocycles. The maximum absolute atomic E-state index is 12.5. The molecular weight excluding hydrogens is 384 g/mol. The molecule has 3 aromatic carbocycles.